The van der Waals surface area contributed by atoms with Crippen LogP contribution in [-0.2, 0) is 4.79 Å². The molecule has 2 N–H and O–H groups in total. The second-order valence-electron chi connectivity index (χ2n) is 5.20. The minimum Gasteiger partial charge on any atom is -0.481 e. The van der Waals surface area contributed by atoms with Gasteiger partial charge in [-0.2, -0.15) is 0 Å². The number of benzene rings is 1. The Balaban J connectivity index is 2.24. The van der Waals surface area contributed by atoms with Gasteiger partial charge in [-0.05, 0) is 25.1 Å². The average molecular weight is 291 g/mol. The van der Waals surface area contributed by atoms with Crippen LogP contribution in [0.25, 0.3) is 0 Å². The zero-order valence-corrected chi connectivity index (χ0v) is 12.4. The third kappa shape index (κ3) is 3.16. The largest absolute Gasteiger partial charge is 0.481 e. The summed E-state index contributed by atoms with van der Waals surface area (Å²) in [6.07, 6.45) is 0.442. The molecule has 1 aromatic carbocycles. The Morgan fingerprint density at radius 3 is 2.81 bits per heavy atom. The first-order valence-electron chi connectivity index (χ1n) is 7.05. The number of hydrogen-bond donors (Lipinski definition) is 2. The molecule has 6 nitrogen and oxygen atoms in total. The SMILES string of the molecule is CNCCN(C)C(=O)N1CCC(C(=O)O)c2ccccc21. The van der Waals surface area contributed by atoms with Gasteiger partial charge in [-0.3, -0.25) is 9.69 Å². The molecule has 2 rings (SSSR count). The lowest BCUT2D eigenvalue weighted by atomic mass is 9.90. The molecule has 1 aliphatic rings. The predicted molar refractivity (Wildman–Crippen MR) is 80.7 cm³/mol. The molecule has 2 amide bonds. The molecule has 0 fully saturated rings. The quantitative estimate of drug-likeness (QED) is 0.878. The van der Waals surface area contributed by atoms with Gasteiger partial charge in [0.15, 0.2) is 0 Å². The lowest BCUT2D eigenvalue weighted by molar-refractivity contribution is -0.139. The maximum atomic E-state index is 12.5. The van der Waals surface area contributed by atoms with E-state index in [0.29, 0.717) is 30.8 Å². The van der Waals surface area contributed by atoms with E-state index in [9.17, 15) is 14.7 Å². The molecule has 1 atom stereocenters. The monoisotopic (exact) mass is 291 g/mol. The van der Waals surface area contributed by atoms with Crippen molar-refractivity contribution in [1.82, 2.24) is 10.2 Å². The van der Waals surface area contributed by atoms with Crippen LogP contribution in [-0.4, -0.2) is 55.7 Å². The zero-order chi connectivity index (χ0) is 15.4. The Morgan fingerprint density at radius 1 is 1.43 bits per heavy atom. The van der Waals surface area contributed by atoms with Crippen molar-refractivity contribution in [3.05, 3.63) is 29.8 Å². The van der Waals surface area contributed by atoms with E-state index in [2.05, 4.69) is 5.32 Å². The molecule has 1 aliphatic heterocycles. The summed E-state index contributed by atoms with van der Waals surface area (Å²) in [7, 11) is 3.59. The molecule has 0 radical (unpaired) electrons. The van der Waals surface area contributed by atoms with Gasteiger partial charge in [0.25, 0.3) is 0 Å². The molecular weight excluding hydrogens is 270 g/mol. The fourth-order valence-corrected chi connectivity index (χ4v) is 2.60. The van der Waals surface area contributed by atoms with Gasteiger partial charge in [0.1, 0.15) is 0 Å². The lowest BCUT2D eigenvalue weighted by Gasteiger charge is -2.35. The first-order valence-corrected chi connectivity index (χ1v) is 7.05. The Morgan fingerprint density at radius 2 is 2.14 bits per heavy atom. The van der Waals surface area contributed by atoms with Gasteiger partial charge in [0.05, 0.1) is 5.92 Å². The van der Waals surface area contributed by atoms with Crippen molar-refractivity contribution in [2.24, 2.45) is 0 Å². The maximum Gasteiger partial charge on any atom is 0.324 e. The van der Waals surface area contributed by atoms with Crippen LogP contribution in [0.15, 0.2) is 24.3 Å². The molecule has 0 saturated carbocycles. The topological polar surface area (TPSA) is 72.9 Å². The second-order valence-corrected chi connectivity index (χ2v) is 5.20. The van der Waals surface area contributed by atoms with Crippen molar-refractivity contribution in [1.29, 1.82) is 0 Å². The molecule has 1 heterocycles. The third-order valence-corrected chi connectivity index (χ3v) is 3.80. The predicted octanol–water partition coefficient (Wildman–Crippen LogP) is 1.34. The van der Waals surface area contributed by atoms with E-state index < -0.39 is 11.9 Å². The van der Waals surface area contributed by atoms with E-state index in [1.165, 1.54) is 0 Å². The molecule has 0 bridgehead atoms. The third-order valence-electron chi connectivity index (χ3n) is 3.80. The number of carbonyl (C=O) groups excluding carboxylic acids is 1. The highest BCUT2D eigenvalue weighted by atomic mass is 16.4. The molecule has 21 heavy (non-hydrogen) atoms. The summed E-state index contributed by atoms with van der Waals surface area (Å²) in [6.45, 7) is 1.75. The number of aliphatic carboxylic acids is 1. The molecule has 114 valence electrons. The highest BCUT2D eigenvalue weighted by Crippen LogP contribution is 2.35. The number of rotatable bonds is 4. The number of carbonyl (C=O) groups is 2. The lowest BCUT2D eigenvalue weighted by Crippen LogP contribution is -2.46. The standard InChI is InChI=1S/C15H21N3O3/c1-16-8-10-17(2)15(21)18-9-7-12(14(19)20)11-5-3-4-6-13(11)18/h3-6,12,16H,7-10H2,1-2H3,(H,19,20). The number of nitrogens with zero attached hydrogens (tertiary/aromatic N) is 2. The maximum absolute atomic E-state index is 12.5. The summed E-state index contributed by atoms with van der Waals surface area (Å²) in [5.74, 6) is -1.37. The van der Waals surface area contributed by atoms with Crippen molar-refractivity contribution in [2.45, 2.75) is 12.3 Å². The second kappa shape index (κ2) is 6.58. The summed E-state index contributed by atoms with van der Waals surface area (Å²) in [5.41, 5.74) is 1.42. The fraction of sp³-hybridized carbons (Fsp3) is 0.467. The Kier molecular flexibility index (Phi) is 4.80. The van der Waals surface area contributed by atoms with E-state index >= 15 is 0 Å². The van der Waals surface area contributed by atoms with E-state index in [0.717, 1.165) is 6.54 Å². The first kappa shape index (κ1) is 15.3. The van der Waals surface area contributed by atoms with Gasteiger partial charge < -0.3 is 15.3 Å². The van der Waals surface area contributed by atoms with Crippen molar-refractivity contribution in [2.75, 3.05) is 38.6 Å². The Bertz CT molecular complexity index is 533. The van der Waals surface area contributed by atoms with Crippen LogP contribution in [0, 0.1) is 0 Å². The summed E-state index contributed by atoms with van der Waals surface area (Å²) in [5, 5.41) is 12.3. The number of amides is 2. The molecule has 0 aliphatic carbocycles. The highest BCUT2D eigenvalue weighted by molar-refractivity contribution is 5.95. The summed E-state index contributed by atoms with van der Waals surface area (Å²) in [6, 6.07) is 7.15. The molecular formula is C15H21N3O3. The van der Waals surface area contributed by atoms with Gasteiger partial charge in [0, 0.05) is 32.4 Å². The molecule has 1 unspecified atom stereocenters. The minimum atomic E-state index is -0.835. The van der Waals surface area contributed by atoms with Crippen molar-refractivity contribution in [3.63, 3.8) is 0 Å². The van der Waals surface area contributed by atoms with Crippen molar-refractivity contribution in [3.8, 4) is 0 Å². The van der Waals surface area contributed by atoms with Gasteiger partial charge >= 0.3 is 12.0 Å². The van der Waals surface area contributed by atoms with Gasteiger partial charge in [-0.25, -0.2) is 4.79 Å². The van der Waals surface area contributed by atoms with Crippen LogP contribution in [0.1, 0.15) is 17.9 Å². The Hall–Kier alpha value is -2.08. The van der Waals surface area contributed by atoms with Gasteiger partial charge in [-0.15, -0.1) is 0 Å². The molecule has 0 saturated heterocycles. The van der Waals surface area contributed by atoms with E-state index in [1.54, 1.807) is 22.9 Å². The van der Waals surface area contributed by atoms with Crippen LogP contribution >= 0.6 is 0 Å². The van der Waals surface area contributed by atoms with Gasteiger partial charge in [0.2, 0.25) is 0 Å². The number of nitrogens with one attached hydrogen (secondary N) is 1. The smallest absolute Gasteiger partial charge is 0.324 e. The number of carboxylic acid groups (broad SMARTS) is 1. The number of fused-ring (bicyclic) bond motifs is 1. The van der Waals surface area contributed by atoms with Crippen LogP contribution in [0.4, 0.5) is 10.5 Å². The van der Waals surface area contributed by atoms with Gasteiger partial charge in [-0.1, -0.05) is 18.2 Å². The number of para-hydroxylation sites is 1. The number of carboxylic acids is 1. The number of hydrogen-bond acceptors (Lipinski definition) is 3. The summed E-state index contributed by atoms with van der Waals surface area (Å²) in [4.78, 5) is 27.2. The number of likely N-dealkylation sites (N-methyl/N-ethyl adjacent to an activating group) is 2. The molecule has 0 spiro atoms. The minimum absolute atomic E-state index is 0.0958. The average Bonchev–Trinajstić information content (AvgIpc) is 2.50. The molecule has 6 heteroatoms. The first-order chi connectivity index (χ1) is 10.1. The van der Waals surface area contributed by atoms with Crippen molar-refractivity contribution >= 4 is 17.7 Å². The van der Waals surface area contributed by atoms with Crippen molar-refractivity contribution < 1.29 is 14.7 Å². The van der Waals surface area contributed by atoms with Crippen LogP contribution in [0.5, 0.6) is 0 Å². The van der Waals surface area contributed by atoms with E-state index in [4.69, 9.17) is 0 Å². The van der Waals surface area contributed by atoms with Crippen LogP contribution in [0.2, 0.25) is 0 Å². The van der Waals surface area contributed by atoms with E-state index in [-0.39, 0.29) is 6.03 Å². The van der Waals surface area contributed by atoms with Crippen LogP contribution < -0.4 is 10.2 Å². The highest BCUT2D eigenvalue weighted by Gasteiger charge is 2.33. The number of anilines is 1. The van der Waals surface area contributed by atoms with E-state index in [1.807, 2.05) is 25.2 Å². The fourth-order valence-electron chi connectivity index (χ4n) is 2.60. The normalized spacial score (nSPS) is 17.2. The zero-order valence-electron chi connectivity index (χ0n) is 12.4. The molecule has 1 aromatic rings. The Labute approximate surface area is 124 Å². The van der Waals surface area contributed by atoms with Crippen LogP contribution in [0.3, 0.4) is 0 Å². The molecule has 0 aromatic heterocycles. The summed E-state index contributed by atoms with van der Waals surface area (Å²) < 4.78 is 0. The summed E-state index contributed by atoms with van der Waals surface area (Å²) >= 11 is 0. The number of urea groups is 1.